The number of carbonyl (C=O) groups is 1. The minimum absolute atomic E-state index is 0.0243. The third kappa shape index (κ3) is 6.96. The van der Waals surface area contributed by atoms with Crippen molar-refractivity contribution in [1.29, 1.82) is 0 Å². The van der Waals surface area contributed by atoms with Crippen molar-refractivity contribution in [3.8, 4) is 22.6 Å². The lowest BCUT2D eigenvalue weighted by molar-refractivity contribution is 0.208. The maximum absolute atomic E-state index is 13.2. The standard InChI is InChI=1S/C24H31N5O4/c1-32-21-6-2-5-18(13-21)17-29(10-3-9-25)24(31)28-22-8-7-19(20-15-26-27-16-20)14-23(22)33-12-4-11-30/h2,5-8,13-16,30H,3-4,9-12,17,25H2,1H3,(H,26,27)(H,28,31). The second kappa shape index (κ2) is 12.5. The van der Waals surface area contributed by atoms with Gasteiger partial charge in [0.15, 0.2) is 0 Å². The molecule has 176 valence electrons. The number of nitrogens with one attached hydrogen (secondary N) is 2. The molecule has 0 atom stereocenters. The van der Waals surface area contributed by atoms with Crippen LogP contribution >= 0.6 is 0 Å². The maximum atomic E-state index is 13.2. The first-order chi connectivity index (χ1) is 16.1. The lowest BCUT2D eigenvalue weighted by Gasteiger charge is -2.24. The number of nitrogens with zero attached hydrogens (tertiary/aromatic N) is 2. The number of amides is 2. The van der Waals surface area contributed by atoms with Gasteiger partial charge in [-0.05, 0) is 48.4 Å². The number of anilines is 1. The highest BCUT2D eigenvalue weighted by molar-refractivity contribution is 5.91. The molecule has 0 aliphatic rings. The van der Waals surface area contributed by atoms with Crippen LogP contribution in [0.15, 0.2) is 54.9 Å². The number of rotatable bonds is 12. The average Bonchev–Trinajstić information content (AvgIpc) is 3.38. The Morgan fingerprint density at radius 2 is 2.09 bits per heavy atom. The normalized spacial score (nSPS) is 10.6. The van der Waals surface area contributed by atoms with Crippen molar-refractivity contribution in [2.24, 2.45) is 5.73 Å². The molecular weight excluding hydrogens is 422 g/mol. The van der Waals surface area contributed by atoms with E-state index in [1.165, 1.54) is 0 Å². The van der Waals surface area contributed by atoms with Crippen LogP contribution in [0.1, 0.15) is 18.4 Å². The van der Waals surface area contributed by atoms with Crippen LogP contribution in [0.5, 0.6) is 11.5 Å². The smallest absolute Gasteiger partial charge is 0.322 e. The number of aromatic nitrogens is 2. The highest BCUT2D eigenvalue weighted by Crippen LogP contribution is 2.31. The zero-order valence-electron chi connectivity index (χ0n) is 18.8. The average molecular weight is 454 g/mol. The van der Waals surface area contributed by atoms with Gasteiger partial charge in [0.05, 0.1) is 25.6 Å². The van der Waals surface area contributed by atoms with E-state index in [1.54, 1.807) is 30.5 Å². The van der Waals surface area contributed by atoms with E-state index in [-0.39, 0.29) is 12.6 Å². The largest absolute Gasteiger partial charge is 0.497 e. The molecule has 1 heterocycles. The summed E-state index contributed by atoms with van der Waals surface area (Å²) in [6, 6.07) is 12.9. The predicted octanol–water partition coefficient (Wildman–Crippen LogP) is 3.23. The van der Waals surface area contributed by atoms with Crippen LogP contribution < -0.4 is 20.5 Å². The van der Waals surface area contributed by atoms with Gasteiger partial charge in [-0.25, -0.2) is 4.79 Å². The van der Waals surface area contributed by atoms with Gasteiger partial charge in [-0.15, -0.1) is 0 Å². The van der Waals surface area contributed by atoms with Crippen LogP contribution in [0.3, 0.4) is 0 Å². The third-order valence-electron chi connectivity index (χ3n) is 5.04. The summed E-state index contributed by atoms with van der Waals surface area (Å²) >= 11 is 0. The van der Waals surface area contributed by atoms with E-state index in [2.05, 4.69) is 15.5 Å². The van der Waals surface area contributed by atoms with Gasteiger partial charge in [0.25, 0.3) is 0 Å². The fourth-order valence-corrected chi connectivity index (χ4v) is 3.30. The maximum Gasteiger partial charge on any atom is 0.322 e. The highest BCUT2D eigenvalue weighted by Gasteiger charge is 2.17. The number of aliphatic hydroxyl groups is 1. The van der Waals surface area contributed by atoms with E-state index in [0.717, 1.165) is 22.4 Å². The number of H-pyrrole nitrogens is 1. The first kappa shape index (κ1) is 24.1. The van der Waals surface area contributed by atoms with Crippen molar-refractivity contribution in [3.63, 3.8) is 0 Å². The van der Waals surface area contributed by atoms with Gasteiger partial charge < -0.3 is 30.5 Å². The minimum Gasteiger partial charge on any atom is -0.497 e. The van der Waals surface area contributed by atoms with Gasteiger partial charge in [0.2, 0.25) is 0 Å². The lowest BCUT2D eigenvalue weighted by Crippen LogP contribution is -2.36. The van der Waals surface area contributed by atoms with Crippen molar-refractivity contribution in [1.82, 2.24) is 15.1 Å². The summed E-state index contributed by atoms with van der Waals surface area (Å²) in [6.07, 6.45) is 4.67. The van der Waals surface area contributed by atoms with Crippen molar-refractivity contribution in [2.45, 2.75) is 19.4 Å². The van der Waals surface area contributed by atoms with Crippen LogP contribution in [-0.4, -0.2) is 59.6 Å². The number of hydrogen-bond acceptors (Lipinski definition) is 6. The lowest BCUT2D eigenvalue weighted by atomic mass is 10.1. The molecule has 0 bridgehead atoms. The summed E-state index contributed by atoms with van der Waals surface area (Å²) in [7, 11) is 1.61. The van der Waals surface area contributed by atoms with Crippen molar-refractivity contribution < 1.29 is 19.4 Å². The van der Waals surface area contributed by atoms with E-state index in [1.807, 2.05) is 36.4 Å². The molecule has 9 nitrogen and oxygen atoms in total. The third-order valence-corrected chi connectivity index (χ3v) is 5.04. The predicted molar refractivity (Wildman–Crippen MR) is 127 cm³/mol. The minimum atomic E-state index is -0.255. The first-order valence-corrected chi connectivity index (χ1v) is 10.9. The molecule has 1 aromatic heterocycles. The number of aliphatic hydroxyl groups excluding tert-OH is 1. The number of ether oxygens (including phenoxy) is 2. The summed E-state index contributed by atoms with van der Waals surface area (Å²) in [5, 5.41) is 18.9. The van der Waals surface area contributed by atoms with Crippen LogP contribution in [-0.2, 0) is 6.54 Å². The molecule has 0 radical (unpaired) electrons. The fourth-order valence-electron chi connectivity index (χ4n) is 3.30. The number of nitrogens with two attached hydrogens (primary N) is 1. The van der Waals surface area contributed by atoms with Crippen molar-refractivity contribution >= 4 is 11.7 Å². The molecule has 0 fully saturated rings. The Balaban J connectivity index is 1.80. The molecule has 0 aliphatic carbocycles. The van der Waals surface area contributed by atoms with Crippen LogP contribution in [0.25, 0.3) is 11.1 Å². The van der Waals surface area contributed by atoms with Gasteiger partial charge in [0, 0.05) is 37.9 Å². The Morgan fingerprint density at radius 3 is 2.82 bits per heavy atom. The van der Waals surface area contributed by atoms with Gasteiger partial charge in [-0.1, -0.05) is 18.2 Å². The Hall–Kier alpha value is -3.56. The molecule has 5 N–H and O–H groups in total. The number of benzene rings is 2. The molecule has 0 saturated heterocycles. The van der Waals surface area contributed by atoms with Crippen molar-refractivity contribution in [2.75, 3.05) is 38.7 Å². The molecule has 3 rings (SSSR count). The van der Waals surface area contributed by atoms with Crippen molar-refractivity contribution in [3.05, 3.63) is 60.4 Å². The number of hydrogen-bond donors (Lipinski definition) is 4. The Bertz CT molecular complexity index is 1010. The van der Waals surface area contributed by atoms with E-state index in [9.17, 15) is 4.79 Å². The monoisotopic (exact) mass is 453 g/mol. The summed E-state index contributed by atoms with van der Waals surface area (Å²) in [4.78, 5) is 14.9. The second-order valence-electron chi connectivity index (χ2n) is 7.47. The van der Waals surface area contributed by atoms with E-state index >= 15 is 0 Å². The van der Waals surface area contributed by atoms with E-state index < -0.39 is 0 Å². The van der Waals surface area contributed by atoms with Crippen LogP contribution in [0.4, 0.5) is 10.5 Å². The Morgan fingerprint density at radius 1 is 1.21 bits per heavy atom. The Kier molecular flexibility index (Phi) is 9.10. The van der Waals surface area contributed by atoms with E-state index in [0.29, 0.717) is 50.5 Å². The number of aromatic amines is 1. The van der Waals surface area contributed by atoms with E-state index in [4.69, 9.17) is 20.3 Å². The molecule has 2 aromatic carbocycles. The fraction of sp³-hybridized carbons (Fsp3) is 0.333. The molecule has 3 aromatic rings. The topological polar surface area (TPSA) is 126 Å². The summed E-state index contributed by atoms with van der Waals surface area (Å²) < 4.78 is 11.2. The Labute approximate surface area is 193 Å². The van der Waals surface area contributed by atoms with Gasteiger partial charge in [0.1, 0.15) is 11.5 Å². The molecule has 9 heteroatoms. The molecule has 0 aliphatic heterocycles. The first-order valence-electron chi connectivity index (χ1n) is 10.9. The van der Waals surface area contributed by atoms with Crippen LogP contribution in [0, 0.1) is 0 Å². The zero-order valence-corrected chi connectivity index (χ0v) is 18.8. The quantitative estimate of drug-likeness (QED) is 0.312. The second-order valence-corrected chi connectivity index (χ2v) is 7.47. The number of carbonyl (C=O) groups excluding carboxylic acids is 1. The highest BCUT2D eigenvalue weighted by atomic mass is 16.5. The SMILES string of the molecule is COc1cccc(CN(CCCN)C(=O)Nc2ccc(-c3cn[nH]c3)cc2OCCCO)c1. The van der Waals surface area contributed by atoms with Gasteiger partial charge >= 0.3 is 6.03 Å². The number of urea groups is 1. The molecule has 0 spiro atoms. The zero-order chi connectivity index (χ0) is 23.5. The molecule has 2 amide bonds. The molecule has 0 saturated carbocycles. The van der Waals surface area contributed by atoms with Gasteiger partial charge in [-0.3, -0.25) is 5.10 Å². The molecule has 0 unspecified atom stereocenters. The molecule has 33 heavy (non-hydrogen) atoms. The van der Waals surface area contributed by atoms with Gasteiger partial charge in [-0.2, -0.15) is 5.10 Å². The summed E-state index contributed by atoms with van der Waals surface area (Å²) in [5.74, 6) is 1.26. The summed E-state index contributed by atoms with van der Waals surface area (Å²) in [5.41, 5.74) is 9.01. The van der Waals surface area contributed by atoms with Crippen LogP contribution in [0.2, 0.25) is 0 Å². The summed E-state index contributed by atoms with van der Waals surface area (Å²) in [6.45, 7) is 1.76. The molecular formula is C24H31N5O4. The number of methoxy groups -OCH3 is 1.